The average Bonchev–Trinajstić information content (AvgIpc) is 2.78. The molecule has 0 aliphatic carbocycles. The van der Waals surface area contributed by atoms with Gasteiger partial charge in [0.25, 0.3) is 10.0 Å². The molecule has 0 spiro atoms. The van der Waals surface area contributed by atoms with Gasteiger partial charge in [-0.25, -0.2) is 18.2 Å². The van der Waals surface area contributed by atoms with Crippen molar-refractivity contribution in [2.24, 2.45) is 0 Å². The first-order valence-corrected chi connectivity index (χ1v) is 12.0. The van der Waals surface area contributed by atoms with E-state index in [2.05, 4.69) is 26.6 Å². The summed E-state index contributed by atoms with van der Waals surface area (Å²) < 4.78 is 28.1. The average molecular weight is 455 g/mol. The molecular weight excluding hydrogens is 428 g/mol. The van der Waals surface area contributed by atoms with Crippen LogP contribution in [0.15, 0.2) is 53.4 Å². The number of carboxylic acid groups (broad SMARTS) is 1. The molecular formula is C23H26N4O4S. The number of rotatable bonds is 6. The Labute approximate surface area is 187 Å². The van der Waals surface area contributed by atoms with Crippen molar-refractivity contribution in [1.82, 2.24) is 9.88 Å². The van der Waals surface area contributed by atoms with Crippen LogP contribution in [0, 0.1) is 0 Å². The van der Waals surface area contributed by atoms with Crippen LogP contribution in [0.4, 0.5) is 11.5 Å². The Balaban J connectivity index is 1.67. The van der Waals surface area contributed by atoms with Crippen LogP contribution in [-0.4, -0.2) is 62.6 Å². The van der Waals surface area contributed by atoms with Gasteiger partial charge >= 0.3 is 5.97 Å². The van der Waals surface area contributed by atoms with Crippen LogP contribution in [0.1, 0.15) is 22.8 Å². The third kappa shape index (κ3) is 4.53. The Kier molecular flexibility index (Phi) is 6.03. The van der Waals surface area contributed by atoms with E-state index >= 15 is 0 Å². The molecule has 2 N–H and O–H groups in total. The van der Waals surface area contributed by atoms with Gasteiger partial charge < -0.3 is 14.9 Å². The molecule has 3 aromatic rings. The van der Waals surface area contributed by atoms with Crippen molar-refractivity contribution in [1.29, 1.82) is 0 Å². The molecule has 2 aromatic carbocycles. The third-order valence-corrected chi connectivity index (χ3v) is 7.14. The quantitative estimate of drug-likeness (QED) is 0.590. The highest BCUT2D eigenvalue weighted by molar-refractivity contribution is 7.92. The van der Waals surface area contributed by atoms with E-state index in [4.69, 9.17) is 0 Å². The van der Waals surface area contributed by atoms with Crippen molar-refractivity contribution >= 4 is 38.4 Å². The lowest BCUT2D eigenvalue weighted by atomic mass is 10.1. The molecule has 0 amide bonds. The van der Waals surface area contributed by atoms with Gasteiger partial charge in [0.2, 0.25) is 0 Å². The molecule has 9 heteroatoms. The number of anilines is 2. The molecule has 1 aliphatic heterocycles. The first-order chi connectivity index (χ1) is 15.3. The Morgan fingerprint density at radius 1 is 1.06 bits per heavy atom. The van der Waals surface area contributed by atoms with E-state index in [1.807, 2.05) is 6.92 Å². The second-order valence-corrected chi connectivity index (χ2v) is 9.64. The Morgan fingerprint density at radius 2 is 1.75 bits per heavy atom. The van der Waals surface area contributed by atoms with Crippen molar-refractivity contribution in [3.63, 3.8) is 0 Å². The van der Waals surface area contributed by atoms with Crippen LogP contribution in [0.5, 0.6) is 0 Å². The summed E-state index contributed by atoms with van der Waals surface area (Å²) in [7, 11) is -1.75. The molecule has 1 aromatic heterocycles. The zero-order valence-electron chi connectivity index (χ0n) is 18.1. The minimum absolute atomic E-state index is 0.0947. The largest absolute Gasteiger partial charge is 0.478 e. The second kappa shape index (κ2) is 8.76. The minimum Gasteiger partial charge on any atom is -0.478 e. The van der Waals surface area contributed by atoms with Gasteiger partial charge in [0.15, 0.2) is 0 Å². The fourth-order valence-electron chi connectivity index (χ4n) is 3.77. The third-order valence-electron chi connectivity index (χ3n) is 5.75. The number of sulfonamides is 1. The summed E-state index contributed by atoms with van der Waals surface area (Å²) >= 11 is 0. The molecule has 2 heterocycles. The maximum absolute atomic E-state index is 12.8. The molecule has 32 heavy (non-hydrogen) atoms. The first-order valence-electron chi connectivity index (χ1n) is 10.5. The number of hydrogen-bond donors (Lipinski definition) is 2. The molecule has 1 fully saturated rings. The predicted octanol–water partition coefficient (Wildman–Crippen LogP) is 3.05. The van der Waals surface area contributed by atoms with Crippen molar-refractivity contribution in [3.05, 3.63) is 59.7 Å². The summed E-state index contributed by atoms with van der Waals surface area (Å²) in [6.45, 7) is 5.29. The molecule has 0 bridgehead atoms. The molecule has 0 atom stereocenters. The van der Waals surface area contributed by atoms with E-state index in [-0.39, 0.29) is 16.1 Å². The van der Waals surface area contributed by atoms with Gasteiger partial charge in [0.05, 0.1) is 16.0 Å². The molecule has 4 rings (SSSR count). The van der Waals surface area contributed by atoms with Gasteiger partial charge in [0.1, 0.15) is 5.82 Å². The van der Waals surface area contributed by atoms with Gasteiger partial charge in [-0.05, 0) is 55.4 Å². The zero-order chi connectivity index (χ0) is 22.9. The number of benzene rings is 2. The number of likely N-dealkylation sites (N-methyl/N-ethyl adjacent to an activating group) is 1. The van der Waals surface area contributed by atoms with E-state index in [1.54, 1.807) is 42.5 Å². The molecule has 0 unspecified atom stereocenters. The van der Waals surface area contributed by atoms with Gasteiger partial charge in [-0.3, -0.25) is 4.72 Å². The Hall–Kier alpha value is -3.17. The molecule has 1 aliphatic rings. The van der Waals surface area contributed by atoms with Crippen molar-refractivity contribution in [2.45, 2.75) is 18.2 Å². The minimum atomic E-state index is -3.80. The molecule has 0 saturated carbocycles. The number of hydrogen-bond acceptors (Lipinski definition) is 6. The van der Waals surface area contributed by atoms with E-state index < -0.39 is 16.0 Å². The second-order valence-electron chi connectivity index (χ2n) is 7.96. The number of pyridine rings is 1. The SMILES string of the molecule is CCc1ccc(S(=O)(=O)Nc2ccc3nc(N4CCN(C)CC4)cc(C(=O)O)c3c2)cc1. The summed E-state index contributed by atoms with van der Waals surface area (Å²) in [5.74, 6) is -0.463. The Morgan fingerprint density at radius 3 is 2.38 bits per heavy atom. The fourth-order valence-corrected chi connectivity index (χ4v) is 4.82. The number of aromatic carboxylic acids is 1. The van der Waals surface area contributed by atoms with Gasteiger partial charge in [0, 0.05) is 37.3 Å². The lowest BCUT2D eigenvalue weighted by Gasteiger charge is -2.33. The van der Waals surface area contributed by atoms with Gasteiger partial charge in [-0.1, -0.05) is 19.1 Å². The van der Waals surface area contributed by atoms with Crippen LogP contribution >= 0.6 is 0 Å². The zero-order valence-corrected chi connectivity index (χ0v) is 18.9. The van der Waals surface area contributed by atoms with E-state index in [0.717, 1.165) is 38.2 Å². The number of aromatic nitrogens is 1. The standard InChI is InChI=1S/C23H26N4O4S/c1-3-16-4-7-18(8-5-16)32(30,31)25-17-6-9-21-19(14-17)20(23(28)29)15-22(24-21)27-12-10-26(2)11-13-27/h4-9,14-15,25H,3,10-13H2,1-2H3,(H,28,29). The van der Waals surface area contributed by atoms with Crippen LogP contribution in [0.25, 0.3) is 10.9 Å². The molecule has 1 saturated heterocycles. The van der Waals surface area contributed by atoms with Crippen molar-refractivity contribution < 1.29 is 18.3 Å². The summed E-state index contributed by atoms with van der Waals surface area (Å²) in [6, 6.07) is 13.0. The number of nitrogens with zero attached hydrogens (tertiary/aromatic N) is 3. The number of aryl methyl sites for hydroxylation is 1. The number of nitrogens with one attached hydrogen (secondary N) is 1. The van der Waals surface area contributed by atoms with Crippen molar-refractivity contribution in [3.8, 4) is 0 Å². The monoisotopic (exact) mass is 454 g/mol. The highest BCUT2D eigenvalue weighted by Gasteiger charge is 2.20. The fraction of sp³-hybridized carbons (Fsp3) is 0.304. The smallest absolute Gasteiger partial charge is 0.336 e. The van der Waals surface area contributed by atoms with E-state index in [9.17, 15) is 18.3 Å². The Bertz CT molecular complexity index is 1250. The van der Waals surface area contributed by atoms with Gasteiger partial charge in [-0.15, -0.1) is 0 Å². The normalized spacial score (nSPS) is 15.1. The predicted molar refractivity (Wildman–Crippen MR) is 125 cm³/mol. The van der Waals surface area contributed by atoms with E-state index in [0.29, 0.717) is 16.7 Å². The maximum atomic E-state index is 12.8. The summed E-state index contributed by atoms with van der Waals surface area (Å²) in [4.78, 5) is 21.1. The summed E-state index contributed by atoms with van der Waals surface area (Å²) in [5.41, 5.74) is 1.93. The number of carbonyl (C=O) groups is 1. The molecule has 168 valence electrons. The number of carboxylic acids is 1. The summed E-state index contributed by atoms with van der Waals surface area (Å²) in [5, 5.41) is 10.2. The van der Waals surface area contributed by atoms with Crippen LogP contribution in [0.3, 0.4) is 0 Å². The highest BCUT2D eigenvalue weighted by atomic mass is 32.2. The molecule has 8 nitrogen and oxygen atoms in total. The topological polar surface area (TPSA) is 103 Å². The lowest BCUT2D eigenvalue weighted by molar-refractivity contribution is 0.0699. The lowest BCUT2D eigenvalue weighted by Crippen LogP contribution is -2.44. The first kappa shape index (κ1) is 22.0. The number of fused-ring (bicyclic) bond motifs is 1. The number of piperazine rings is 1. The van der Waals surface area contributed by atoms with Crippen LogP contribution in [0.2, 0.25) is 0 Å². The van der Waals surface area contributed by atoms with E-state index in [1.165, 1.54) is 6.07 Å². The summed E-state index contributed by atoms with van der Waals surface area (Å²) in [6.07, 6.45) is 0.819. The highest BCUT2D eigenvalue weighted by Crippen LogP contribution is 2.28. The maximum Gasteiger partial charge on any atom is 0.336 e. The van der Waals surface area contributed by atoms with Crippen LogP contribution in [-0.2, 0) is 16.4 Å². The van der Waals surface area contributed by atoms with Crippen molar-refractivity contribution in [2.75, 3.05) is 42.8 Å². The molecule has 0 radical (unpaired) electrons. The van der Waals surface area contributed by atoms with Gasteiger partial charge in [-0.2, -0.15) is 0 Å². The van der Waals surface area contributed by atoms with Crippen LogP contribution < -0.4 is 9.62 Å².